The monoisotopic (exact) mass is 335 g/mol. The third-order valence-corrected chi connectivity index (χ3v) is 4.23. The van der Waals surface area contributed by atoms with E-state index in [1.54, 1.807) is 0 Å². The lowest BCUT2D eigenvalue weighted by atomic mass is 10.0. The highest BCUT2D eigenvalue weighted by Crippen LogP contribution is 2.20. The van der Waals surface area contributed by atoms with Crippen molar-refractivity contribution in [3.05, 3.63) is 29.3 Å². The van der Waals surface area contributed by atoms with Crippen LogP contribution in [0.15, 0.2) is 18.2 Å². The second kappa shape index (κ2) is 13.3. The summed E-state index contributed by atoms with van der Waals surface area (Å²) < 4.78 is 11.4. The molecule has 3 nitrogen and oxygen atoms in total. The van der Waals surface area contributed by atoms with Crippen LogP contribution in [0.3, 0.4) is 0 Å². The molecule has 0 aliphatic heterocycles. The Balaban J connectivity index is 2.19. The Labute approximate surface area is 149 Å². The molecular weight excluding hydrogens is 298 g/mol. The zero-order valence-corrected chi connectivity index (χ0v) is 16.3. The van der Waals surface area contributed by atoms with Crippen molar-refractivity contribution in [3.63, 3.8) is 0 Å². The van der Waals surface area contributed by atoms with Gasteiger partial charge in [-0.2, -0.15) is 0 Å². The van der Waals surface area contributed by atoms with Crippen LogP contribution in [0.2, 0.25) is 0 Å². The van der Waals surface area contributed by atoms with Crippen LogP contribution in [0.4, 0.5) is 0 Å². The Morgan fingerprint density at radius 2 is 1.67 bits per heavy atom. The van der Waals surface area contributed by atoms with Crippen molar-refractivity contribution in [2.75, 3.05) is 40.5 Å². The van der Waals surface area contributed by atoms with Gasteiger partial charge in [0.2, 0.25) is 0 Å². The zero-order chi connectivity index (χ0) is 17.6. The molecule has 24 heavy (non-hydrogen) atoms. The predicted molar refractivity (Wildman–Crippen MR) is 103 cm³/mol. The van der Waals surface area contributed by atoms with Crippen LogP contribution in [-0.2, 0) is 11.2 Å². The molecule has 0 saturated carbocycles. The van der Waals surface area contributed by atoms with Gasteiger partial charge >= 0.3 is 0 Å². The topological polar surface area (TPSA) is 21.7 Å². The molecule has 0 bridgehead atoms. The van der Waals surface area contributed by atoms with Crippen LogP contribution in [0, 0.1) is 6.92 Å². The predicted octanol–water partition coefficient (Wildman–Crippen LogP) is 4.86. The van der Waals surface area contributed by atoms with Crippen molar-refractivity contribution in [2.24, 2.45) is 0 Å². The summed E-state index contributed by atoms with van der Waals surface area (Å²) in [5, 5.41) is 0. The summed E-state index contributed by atoms with van der Waals surface area (Å²) in [4.78, 5) is 2.12. The molecule has 0 N–H and O–H groups in total. The van der Waals surface area contributed by atoms with E-state index in [0.29, 0.717) is 13.2 Å². The summed E-state index contributed by atoms with van der Waals surface area (Å²) in [7, 11) is 4.10. The molecular formula is C21H37NO2. The second-order valence-electron chi connectivity index (χ2n) is 6.88. The Bertz CT molecular complexity index is 432. The Morgan fingerprint density at radius 3 is 2.38 bits per heavy atom. The molecule has 0 aromatic heterocycles. The Morgan fingerprint density at radius 1 is 0.917 bits per heavy atom. The first-order chi connectivity index (χ1) is 11.6. The number of aryl methyl sites for hydroxylation is 2. The summed E-state index contributed by atoms with van der Waals surface area (Å²) >= 11 is 0. The van der Waals surface area contributed by atoms with Gasteiger partial charge in [-0.05, 0) is 51.1 Å². The van der Waals surface area contributed by atoms with Gasteiger partial charge in [0.1, 0.15) is 12.4 Å². The van der Waals surface area contributed by atoms with E-state index in [1.165, 1.54) is 56.1 Å². The summed E-state index contributed by atoms with van der Waals surface area (Å²) in [6.45, 7) is 7.37. The SMILES string of the molecule is CCCCCCCCc1ccc(OCCOCCN(C)C)c(C)c1. The van der Waals surface area contributed by atoms with Gasteiger partial charge < -0.3 is 14.4 Å². The molecule has 0 unspecified atom stereocenters. The maximum Gasteiger partial charge on any atom is 0.122 e. The fourth-order valence-electron chi connectivity index (χ4n) is 2.70. The number of ether oxygens (including phenoxy) is 2. The Hall–Kier alpha value is -1.06. The van der Waals surface area contributed by atoms with Crippen LogP contribution in [0.1, 0.15) is 56.6 Å². The number of nitrogens with zero attached hydrogens (tertiary/aromatic N) is 1. The van der Waals surface area contributed by atoms with Crippen molar-refractivity contribution in [3.8, 4) is 5.75 Å². The van der Waals surface area contributed by atoms with E-state index in [9.17, 15) is 0 Å². The van der Waals surface area contributed by atoms with Gasteiger partial charge in [-0.15, -0.1) is 0 Å². The molecule has 3 heteroatoms. The molecule has 0 saturated heterocycles. The van der Waals surface area contributed by atoms with Crippen molar-refractivity contribution < 1.29 is 9.47 Å². The van der Waals surface area contributed by atoms with Crippen LogP contribution >= 0.6 is 0 Å². The van der Waals surface area contributed by atoms with Gasteiger partial charge in [-0.3, -0.25) is 0 Å². The fraction of sp³-hybridized carbons (Fsp3) is 0.714. The number of unbranched alkanes of at least 4 members (excludes halogenated alkanes) is 5. The minimum Gasteiger partial charge on any atom is -0.491 e. The number of likely N-dealkylation sites (N-methyl/N-ethyl adjacent to an activating group) is 1. The van der Waals surface area contributed by atoms with Gasteiger partial charge in [0.25, 0.3) is 0 Å². The highest BCUT2D eigenvalue weighted by Gasteiger charge is 2.02. The van der Waals surface area contributed by atoms with E-state index in [4.69, 9.17) is 9.47 Å². The highest BCUT2D eigenvalue weighted by atomic mass is 16.5. The molecule has 0 radical (unpaired) electrons. The first-order valence-corrected chi connectivity index (χ1v) is 9.58. The summed E-state index contributed by atoms with van der Waals surface area (Å²) in [6, 6.07) is 6.59. The van der Waals surface area contributed by atoms with E-state index < -0.39 is 0 Å². The molecule has 0 fully saturated rings. The normalized spacial score (nSPS) is 11.2. The lowest BCUT2D eigenvalue weighted by Gasteiger charge is -2.12. The van der Waals surface area contributed by atoms with Gasteiger partial charge in [-0.25, -0.2) is 0 Å². The van der Waals surface area contributed by atoms with Crippen molar-refractivity contribution >= 4 is 0 Å². The van der Waals surface area contributed by atoms with Crippen LogP contribution in [0.25, 0.3) is 0 Å². The van der Waals surface area contributed by atoms with Crippen LogP contribution < -0.4 is 4.74 Å². The minimum absolute atomic E-state index is 0.616. The molecule has 1 aromatic carbocycles. The lowest BCUT2D eigenvalue weighted by Crippen LogP contribution is -2.19. The van der Waals surface area contributed by atoms with Gasteiger partial charge in [0, 0.05) is 6.54 Å². The summed E-state index contributed by atoms with van der Waals surface area (Å²) in [5.41, 5.74) is 2.66. The first-order valence-electron chi connectivity index (χ1n) is 9.58. The van der Waals surface area contributed by atoms with E-state index in [-0.39, 0.29) is 0 Å². The fourth-order valence-corrected chi connectivity index (χ4v) is 2.70. The van der Waals surface area contributed by atoms with Crippen LogP contribution in [-0.4, -0.2) is 45.4 Å². The van der Waals surface area contributed by atoms with Crippen LogP contribution in [0.5, 0.6) is 5.75 Å². The molecule has 0 aliphatic carbocycles. The van der Waals surface area contributed by atoms with Gasteiger partial charge in [0.05, 0.1) is 13.2 Å². The van der Waals surface area contributed by atoms with E-state index in [1.807, 2.05) is 0 Å². The zero-order valence-electron chi connectivity index (χ0n) is 16.3. The molecule has 138 valence electrons. The van der Waals surface area contributed by atoms with Crippen molar-refractivity contribution in [1.29, 1.82) is 0 Å². The summed E-state index contributed by atoms with van der Waals surface area (Å²) in [5.74, 6) is 0.984. The van der Waals surface area contributed by atoms with Gasteiger partial charge in [-0.1, -0.05) is 51.2 Å². The molecule has 0 aliphatic rings. The van der Waals surface area contributed by atoms with E-state index in [2.05, 4.69) is 51.0 Å². The first kappa shape index (κ1) is 21.0. The number of benzene rings is 1. The maximum atomic E-state index is 5.83. The minimum atomic E-state index is 0.616. The van der Waals surface area contributed by atoms with Crippen molar-refractivity contribution in [2.45, 2.75) is 58.8 Å². The molecule has 1 rings (SSSR count). The maximum absolute atomic E-state index is 5.83. The third-order valence-electron chi connectivity index (χ3n) is 4.23. The summed E-state index contributed by atoms with van der Waals surface area (Å²) in [6.07, 6.45) is 9.29. The van der Waals surface area contributed by atoms with E-state index in [0.717, 1.165) is 18.9 Å². The average Bonchev–Trinajstić information content (AvgIpc) is 2.55. The molecule has 1 aromatic rings. The average molecular weight is 336 g/mol. The van der Waals surface area contributed by atoms with Gasteiger partial charge in [0.15, 0.2) is 0 Å². The molecule has 0 heterocycles. The quantitative estimate of drug-likeness (QED) is 0.453. The largest absolute Gasteiger partial charge is 0.491 e. The molecule has 0 amide bonds. The lowest BCUT2D eigenvalue weighted by molar-refractivity contribution is 0.0888. The van der Waals surface area contributed by atoms with Crippen molar-refractivity contribution in [1.82, 2.24) is 4.90 Å². The third kappa shape index (κ3) is 9.94. The number of rotatable bonds is 14. The second-order valence-corrected chi connectivity index (χ2v) is 6.88. The number of hydrogen-bond acceptors (Lipinski definition) is 3. The molecule has 0 atom stereocenters. The van der Waals surface area contributed by atoms with E-state index >= 15 is 0 Å². The standard InChI is InChI=1S/C21H37NO2/c1-5-6-7-8-9-10-11-20-12-13-21(19(2)18-20)24-17-16-23-15-14-22(3)4/h12-13,18H,5-11,14-17H2,1-4H3. The molecule has 0 spiro atoms. The highest BCUT2D eigenvalue weighted by molar-refractivity contribution is 5.36. The Kier molecular flexibility index (Phi) is 11.6. The smallest absolute Gasteiger partial charge is 0.122 e. The number of hydrogen-bond donors (Lipinski definition) is 0.